The molecule has 2 heterocycles. The molecule has 1 saturated heterocycles. The molecule has 0 spiro atoms. The van der Waals surface area contributed by atoms with Gasteiger partial charge in [-0.2, -0.15) is 5.10 Å². The van der Waals surface area contributed by atoms with Gasteiger partial charge in [-0.1, -0.05) is 11.5 Å². The van der Waals surface area contributed by atoms with Crippen LogP contribution in [-0.2, 0) is 32.1 Å². The number of nitrogens with zero attached hydrogens (tertiary/aromatic N) is 3. The van der Waals surface area contributed by atoms with Crippen LogP contribution in [0.25, 0.3) is 12.2 Å². The minimum absolute atomic E-state index is 0.0526. The van der Waals surface area contributed by atoms with Crippen LogP contribution in [0.1, 0.15) is 29.8 Å². The van der Waals surface area contributed by atoms with Crippen LogP contribution < -0.4 is 5.32 Å². The van der Waals surface area contributed by atoms with Crippen molar-refractivity contribution in [2.75, 3.05) is 46.6 Å². The van der Waals surface area contributed by atoms with Gasteiger partial charge in [0.05, 0.1) is 50.9 Å². The lowest BCUT2D eigenvalue weighted by molar-refractivity contribution is -0.146. The van der Waals surface area contributed by atoms with Crippen molar-refractivity contribution in [2.45, 2.75) is 38.1 Å². The summed E-state index contributed by atoms with van der Waals surface area (Å²) in [5.41, 5.74) is 8.89. The van der Waals surface area contributed by atoms with E-state index in [1.807, 2.05) is 21.7 Å². The van der Waals surface area contributed by atoms with E-state index < -0.39 is 6.10 Å². The fourth-order valence-electron chi connectivity index (χ4n) is 3.60. The third-order valence-electron chi connectivity index (χ3n) is 5.29. The molecule has 1 N–H and O–H groups in total. The maximum absolute atomic E-state index is 13.1. The highest BCUT2D eigenvalue weighted by Gasteiger charge is 2.37. The van der Waals surface area contributed by atoms with Gasteiger partial charge in [-0.3, -0.25) is 9.48 Å². The number of rotatable bonds is 10. The highest BCUT2D eigenvalue weighted by molar-refractivity contribution is 5.82. The number of aromatic nitrogens is 2. The molecule has 0 unspecified atom stereocenters. The molecular weight excluding hydrogens is 372 g/mol. The number of fused-ring (bicyclic) bond motifs is 1. The number of morpholine rings is 1. The van der Waals surface area contributed by atoms with Crippen LogP contribution in [0.3, 0.4) is 0 Å². The second-order valence-corrected chi connectivity index (χ2v) is 7.41. The summed E-state index contributed by atoms with van der Waals surface area (Å²) in [6.45, 7) is 4.72. The summed E-state index contributed by atoms with van der Waals surface area (Å²) in [6.07, 6.45) is 5.45. The Hall–Kier alpha value is -2.18. The Labute approximate surface area is 170 Å². The molecule has 2 aliphatic carbocycles. The Morgan fingerprint density at radius 1 is 1.34 bits per heavy atom. The summed E-state index contributed by atoms with van der Waals surface area (Å²) in [6, 6.07) is 0.282. The van der Waals surface area contributed by atoms with Gasteiger partial charge < -0.3 is 24.4 Å². The van der Waals surface area contributed by atoms with E-state index in [0.717, 1.165) is 36.3 Å². The van der Waals surface area contributed by atoms with E-state index in [0.29, 0.717) is 46.1 Å². The van der Waals surface area contributed by atoms with E-state index >= 15 is 0 Å². The van der Waals surface area contributed by atoms with Crippen LogP contribution in [0.15, 0.2) is 11.5 Å². The maximum atomic E-state index is 13.1. The van der Waals surface area contributed by atoms with Crippen molar-refractivity contribution >= 4 is 18.1 Å². The molecule has 4 rings (SSSR count). The van der Waals surface area contributed by atoms with Crippen LogP contribution in [0.5, 0.6) is 0 Å². The minimum atomic E-state index is -0.410. The SMILES string of the molecule is COCCOCCn1nc(CN(C(=O)[C@H]2CNCCO2)C2CC2)c2c1C=C=C=C2. The Morgan fingerprint density at radius 2 is 2.21 bits per heavy atom. The number of nitrogens with one attached hydrogen (secondary N) is 1. The van der Waals surface area contributed by atoms with Crippen molar-refractivity contribution in [3.05, 3.63) is 28.4 Å². The third-order valence-corrected chi connectivity index (χ3v) is 5.29. The lowest BCUT2D eigenvalue weighted by atomic mass is 10.1. The standard InChI is InChI=1S/C21H28N4O4/c1-27-12-13-28-11-9-25-19-5-3-2-4-17(19)18(23-25)15-24(16-6-7-16)21(26)20-14-22-8-10-29-20/h4-5,16,20,22H,6-15H2,1H3/t20-/m1/s1. The molecule has 156 valence electrons. The van der Waals surface area contributed by atoms with Crippen molar-refractivity contribution in [2.24, 2.45) is 0 Å². The van der Waals surface area contributed by atoms with Gasteiger partial charge in [0.2, 0.25) is 0 Å². The first kappa shape index (κ1) is 20.1. The molecule has 1 amide bonds. The van der Waals surface area contributed by atoms with Gasteiger partial charge in [0.15, 0.2) is 0 Å². The lowest BCUT2D eigenvalue weighted by Crippen LogP contribution is -2.49. The summed E-state index contributed by atoms with van der Waals surface area (Å²) in [4.78, 5) is 15.0. The van der Waals surface area contributed by atoms with Crippen molar-refractivity contribution in [1.82, 2.24) is 20.0 Å². The quantitative estimate of drug-likeness (QED) is 0.470. The monoisotopic (exact) mass is 400 g/mol. The zero-order valence-electron chi connectivity index (χ0n) is 16.9. The van der Waals surface area contributed by atoms with Crippen molar-refractivity contribution in [3.8, 4) is 0 Å². The zero-order chi connectivity index (χ0) is 20.1. The second kappa shape index (κ2) is 9.55. The minimum Gasteiger partial charge on any atom is -0.382 e. The average molecular weight is 400 g/mol. The fourth-order valence-corrected chi connectivity index (χ4v) is 3.60. The molecular formula is C21H28N4O4. The van der Waals surface area contributed by atoms with E-state index in [2.05, 4.69) is 16.8 Å². The van der Waals surface area contributed by atoms with E-state index in [-0.39, 0.29) is 11.9 Å². The molecule has 2 fully saturated rings. The van der Waals surface area contributed by atoms with Gasteiger partial charge in [-0.15, -0.1) is 0 Å². The Morgan fingerprint density at radius 3 is 2.97 bits per heavy atom. The molecule has 0 radical (unpaired) electrons. The average Bonchev–Trinajstić information content (AvgIpc) is 3.55. The van der Waals surface area contributed by atoms with Gasteiger partial charge in [-0.05, 0) is 18.9 Å². The summed E-state index contributed by atoms with van der Waals surface area (Å²) in [5, 5.41) is 8.04. The van der Waals surface area contributed by atoms with Crippen LogP contribution in [-0.4, -0.2) is 79.4 Å². The number of hydrogen-bond acceptors (Lipinski definition) is 6. The van der Waals surface area contributed by atoms with Crippen LogP contribution in [0, 0.1) is 0 Å². The fraction of sp³-hybridized carbons (Fsp3) is 0.619. The zero-order valence-corrected chi connectivity index (χ0v) is 16.9. The van der Waals surface area contributed by atoms with Crippen molar-refractivity contribution < 1.29 is 19.0 Å². The van der Waals surface area contributed by atoms with Gasteiger partial charge in [-0.25, -0.2) is 0 Å². The Balaban J connectivity index is 1.47. The van der Waals surface area contributed by atoms with E-state index in [1.165, 1.54) is 0 Å². The van der Waals surface area contributed by atoms with Gasteiger partial charge in [0, 0.05) is 37.9 Å². The summed E-state index contributed by atoms with van der Waals surface area (Å²) in [5.74, 6) is 0.0526. The number of amides is 1. The molecule has 1 aliphatic heterocycles. The molecule has 0 aromatic carbocycles. The summed E-state index contributed by atoms with van der Waals surface area (Å²) in [7, 11) is 1.66. The van der Waals surface area contributed by atoms with Crippen molar-refractivity contribution in [3.63, 3.8) is 0 Å². The van der Waals surface area contributed by atoms with Gasteiger partial charge in [0.1, 0.15) is 6.10 Å². The van der Waals surface area contributed by atoms with Crippen LogP contribution in [0.2, 0.25) is 0 Å². The second-order valence-electron chi connectivity index (χ2n) is 7.41. The number of carbonyl (C=O) groups excluding carboxylic acids is 1. The highest BCUT2D eigenvalue weighted by Crippen LogP contribution is 2.31. The predicted molar refractivity (Wildman–Crippen MR) is 107 cm³/mol. The number of hydrogen-bond donors (Lipinski definition) is 1. The predicted octanol–water partition coefficient (Wildman–Crippen LogP) is 0.820. The van der Waals surface area contributed by atoms with Crippen LogP contribution >= 0.6 is 0 Å². The van der Waals surface area contributed by atoms with E-state index in [1.54, 1.807) is 7.11 Å². The Bertz CT molecular complexity index is 826. The first-order valence-corrected chi connectivity index (χ1v) is 10.2. The molecule has 8 heteroatoms. The first-order chi connectivity index (χ1) is 14.3. The molecule has 1 atom stereocenters. The summed E-state index contributed by atoms with van der Waals surface area (Å²) < 4.78 is 18.2. The molecule has 0 bridgehead atoms. The smallest absolute Gasteiger partial charge is 0.253 e. The molecule has 8 nitrogen and oxygen atoms in total. The topological polar surface area (TPSA) is 77.9 Å². The third kappa shape index (κ3) is 4.87. The molecule has 1 aromatic rings. The lowest BCUT2D eigenvalue weighted by Gasteiger charge is -2.29. The Kier molecular flexibility index (Phi) is 6.62. The molecule has 3 aliphatic rings. The largest absolute Gasteiger partial charge is 0.382 e. The highest BCUT2D eigenvalue weighted by atomic mass is 16.5. The van der Waals surface area contributed by atoms with E-state index in [9.17, 15) is 4.79 Å². The van der Waals surface area contributed by atoms with E-state index in [4.69, 9.17) is 19.3 Å². The molecule has 1 aromatic heterocycles. The summed E-state index contributed by atoms with van der Waals surface area (Å²) >= 11 is 0. The maximum Gasteiger partial charge on any atom is 0.253 e. The normalized spacial score (nSPS) is 20.1. The van der Waals surface area contributed by atoms with Gasteiger partial charge in [0.25, 0.3) is 5.91 Å². The first-order valence-electron chi connectivity index (χ1n) is 10.2. The van der Waals surface area contributed by atoms with Crippen LogP contribution in [0.4, 0.5) is 0 Å². The number of carbonyl (C=O) groups is 1. The van der Waals surface area contributed by atoms with Crippen molar-refractivity contribution in [1.29, 1.82) is 0 Å². The molecule has 1 saturated carbocycles. The van der Waals surface area contributed by atoms with Gasteiger partial charge >= 0.3 is 0 Å². The molecule has 29 heavy (non-hydrogen) atoms. The number of methoxy groups -OCH3 is 1. The number of ether oxygens (including phenoxy) is 3.